The molecule has 0 radical (unpaired) electrons. The molecule has 0 heterocycles. The van der Waals surface area contributed by atoms with Crippen LogP contribution in [-0.2, 0) is 6.54 Å². The molecular weight excluding hydrogens is 267 g/mol. The average molecular weight is 288 g/mol. The van der Waals surface area contributed by atoms with Crippen LogP contribution in [0, 0.1) is 5.82 Å². The summed E-state index contributed by atoms with van der Waals surface area (Å²) < 4.78 is 19.4. The summed E-state index contributed by atoms with van der Waals surface area (Å²) in [5, 5.41) is 0. The van der Waals surface area contributed by atoms with Crippen molar-refractivity contribution in [2.24, 2.45) is 5.73 Å². The monoisotopic (exact) mass is 288 g/mol. The number of methoxy groups -OCH3 is 1. The minimum absolute atomic E-state index is 0.269. The van der Waals surface area contributed by atoms with Gasteiger partial charge in [0.1, 0.15) is 11.6 Å². The molecule has 0 aliphatic rings. The Morgan fingerprint density at radius 3 is 2.57 bits per heavy atom. The molecule has 3 nitrogen and oxygen atoms in total. The van der Waals surface area contributed by atoms with Crippen LogP contribution in [0.25, 0.3) is 0 Å². The van der Waals surface area contributed by atoms with Crippen LogP contribution in [-0.4, -0.2) is 14.2 Å². The molecule has 0 amide bonds. The number of halogens is 1. The van der Waals surface area contributed by atoms with Crippen LogP contribution in [0.4, 0.5) is 10.1 Å². The molecule has 0 saturated heterocycles. The first-order valence-electron chi connectivity index (χ1n) is 6.91. The Morgan fingerprint density at radius 1 is 1.19 bits per heavy atom. The van der Waals surface area contributed by atoms with Gasteiger partial charge in [-0.2, -0.15) is 0 Å². The highest BCUT2D eigenvalue weighted by Gasteiger charge is 2.16. The third-order valence-electron chi connectivity index (χ3n) is 3.50. The standard InChI is InChI=1S/C17H21FN2O/c1-12(19)17-14(18)8-6-9-15(17)20(2)11-13-7-4-5-10-16(13)21-3/h4-10,12H,11,19H2,1-3H3/t12-/m0/s1. The number of nitrogens with zero attached hydrogens (tertiary/aromatic N) is 1. The van der Waals surface area contributed by atoms with Gasteiger partial charge in [-0.1, -0.05) is 24.3 Å². The predicted octanol–water partition coefficient (Wildman–Crippen LogP) is 3.49. The van der Waals surface area contributed by atoms with Crippen molar-refractivity contribution in [1.82, 2.24) is 0 Å². The van der Waals surface area contributed by atoms with Crippen LogP contribution in [0.15, 0.2) is 42.5 Å². The minimum atomic E-state index is -0.360. The van der Waals surface area contributed by atoms with E-state index in [1.54, 1.807) is 20.1 Å². The molecule has 0 saturated carbocycles. The molecule has 2 N–H and O–H groups in total. The quantitative estimate of drug-likeness (QED) is 0.915. The van der Waals surface area contributed by atoms with Crippen molar-refractivity contribution in [1.29, 1.82) is 0 Å². The van der Waals surface area contributed by atoms with E-state index in [2.05, 4.69) is 0 Å². The number of benzene rings is 2. The smallest absolute Gasteiger partial charge is 0.130 e. The molecule has 21 heavy (non-hydrogen) atoms. The highest BCUT2D eigenvalue weighted by Crippen LogP contribution is 2.29. The van der Waals surface area contributed by atoms with E-state index in [9.17, 15) is 4.39 Å². The molecule has 2 rings (SSSR count). The first-order chi connectivity index (χ1) is 10.0. The third kappa shape index (κ3) is 3.34. The van der Waals surface area contributed by atoms with E-state index in [1.807, 2.05) is 42.3 Å². The summed E-state index contributed by atoms with van der Waals surface area (Å²) in [7, 11) is 3.57. The van der Waals surface area contributed by atoms with E-state index in [1.165, 1.54) is 6.07 Å². The number of hydrogen-bond acceptors (Lipinski definition) is 3. The van der Waals surface area contributed by atoms with Gasteiger partial charge >= 0.3 is 0 Å². The predicted molar refractivity (Wildman–Crippen MR) is 84.1 cm³/mol. The van der Waals surface area contributed by atoms with E-state index >= 15 is 0 Å². The number of anilines is 1. The molecule has 0 spiro atoms. The summed E-state index contributed by atoms with van der Waals surface area (Å²) in [5.74, 6) is 0.553. The lowest BCUT2D eigenvalue weighted by Crippen LogP contribution is -2.21. The van der Waals surface area contributed by atoms with Gasteiger partial charge in [-0.3, -0.25) is 0 Å². The summed E-state index contributed by atoms with van der Waals surface area (Å²) in [5.41, 5.74) is 8.29. The summed E-state index contributed by atoms with van der Waals surface area (Å²) in [6, 6.07) is 12.5. The van der Waals surface area contributed by atoms with Crippen LogP contribution < -0.4 is 15.4 Å². The SMILES string of the molecule is COc1ccccc1CN(C)c1cccc(F)c1[C@H](C)N. The zero-order valence-electron chi connectivity index (χ0n) is 12.6. The van der Waals surface area contributed by atoms with Crippen molar-refractivity contribution >= 4 is 5.69 Å². The van der Waals surface area contributed by atoms with Gasteiger partial charge < -0.3 is 15.4 Å². The summed E-state index contributed by atoms with van der Waals surface area (Å²) in [4.78, 5) is 1.99. The molecule has 0 fully saturated rings. The minimum Gasteiger partial charge on any atom is -0.496 e. The van der Waals surface area contributed by atoms with Crippen molar-refractivity contribution in [3.63, 3.8) is 0 Å². The van der Waals surface area contributed by atoms with Crippen molar-refractivity contribution in [2.75, 3.05) is 19.1 Å². The van der Waals surface area contributed by atoms with Gasteiger partial charge in [-0.25, -0.2) is 4.39 Å². The Kier molecular flexibility index (Phi) is 4.81. The Balaban J connectivity index is 2.33. The van der Waals surface area contributed by atoms with Crippen molar-refractivity contribution in [2.45, 2.75) is 19.5 Å². The Bertz CT molecular complexity index is 613. The molecule has 0 aliphatic heterocycles. The van der Waals surface area contributed by atoms with Crippen LogP contribution in [0.2, 0.25) is 0 Å². The summed E-state index contributed by atoms with van der Waals surface area (Å²) in [6.45, 7) is 2.41. The van der Waals surface area contributed by atoms with E-state index in [0.29, 0.717) is 12.1 Å². The molecule has 112 valence electrons. The number of rotatable bonds is 5. The van der Waals surface area contributed by atoms with Crippen LogP contribution >= 0.6 is 0 Å². The maximum absolute atomic E-state index is 14.0. The van der Waals surface area contributed by atoms with Gasteiger partial charge in [0.25, 0.3) is 0 Å². The van der Waals surface area contributed by atoms with Crippen molar-refractivity contribution in [3.8, 4) is 5.75 Å². The fraction of sp³-hybridized carbons (Fsp3) is 0.294. The van der Waals surface area contributed by atoms with Crippen LogP contribution in [0.3, 0.4) is 0 Å². The molecule has 0 unspecified atom stereocenters. The van der Waals surface area contributed by atoms with Crippen LogP contribution in [0.5, 0.6) is 5.75 Å². The molecule has 2 aromatic carbocycles. The van der Waals surface area contributed by atoms with Crippen LogP contribution in [0.1, 0.15) is 24.1 Å². The first kappa shape index (κ1) is 15.3. The highest BCUT2D eigenvalue weighted by molar-refractivity contribution is 5.55. The van der Waals surface area contributed by atoms with Gasteiger partial charge in [-0.15, -0.1) is 0 Å². The Morgan fingerprint density at radius 2 is 1.90 bits per heavy atom. The van der Waals surface area contributed by atoms with Gasteiger partial charge in [-0.05, 0) is 25.1 Å². The molecule has 0 aliphatic carbocycles. The van der Waals surface area contributed by atoms with Gasteiger partial charge in [0, 0.05) is 36.4 Å². The van der Waals surface area contributed by atoms with Gasteiger partial charge in [0.15, 0.2) is 0 Å². The fourth-order valence-electron chi connectivity index (χ4n) is 2.48. The van der Waals surface area contributed by atoms with Crippen molar-refractivity contribution < 1.29 is 9.13 Å². The third-order valence-corrected chi connectivity index (χ3v) is 3.50. The van der Waals surface area contributed by atoms with E-state index in [4.69, 9.17) is 10.5 Å². The number of ether oxygens (including phenoxy) is 1. The fourth-order valence-corrected chi connectivity index (χ4v) is 2.48. The normalized spacial score (nSPS) is 12.0. The average Bonchev–Trinajstić information content (AvgIpc) is 2.47. The van der Waals surface area contributed by atoms with Crippen molar-refractivity contribution in [3.05, 3.63) is 59.4 Å². The van der Waals surface area contributed by atoms with E-state index < -0.39 is 0 Å². The van der Waals surface area contributed by atoms with Gasteiger partial charge in [0.05, 0.1) is 7.11 Å². The highest BCUT2D eigenvalue weighted by atomic mass is 19.1. The van der Waals surface area contributed by atoms with E-state index in [-0.39, 0.29) is 11.9 Å². The molecule has 1 atom stereocenters. The Hall–Kier alpha value is -2.07. The number of hydrogen-bond donors (Lipinski definition) is 1. The maximum Gasteiger partial charge on any atom is 0.130 e. The number of nitrogens with two attached hydrogens (primary N) is 1. The zero-order valence-corrected chi connectivity index (χ0v) is 12.6. The summed E-state index contributed by atoms with van der Waals surface area (Å²) >= 11 is 0. The van der Waals surface area contributed by atoms with E-state index in [0.717, 1.165) is 17.0 Å². The zero-order chi connectivity index (χ0) is 15.4. The topological polar surface area (TPSA) is 38.5 Å². The molecular formula is C17H21FN2O. The molecule has 4 heteroatoms. The Labute approximate surface area is 125 Å². The lowest BCUT2D eigenvalue weighted by atomic mass is 10.0. The second-order valence-electron chi connectivity index (χ2n) is 5.13. The second kappa shape index (κ2) is 6.59. The molecule has 0 aromatic heterocycles. The lowest BCUT2D eigenvalue weighted by molar-refractivity contribution is 0.409. The lowest BCUT2D eigenvalue weighted by Gasteiger charge is -2.25. The summed E-state index contributed by atoms with van der Waals surface area (Å²) in [6.07, 6.45) is 0. The maximum atomic E-state index is 14.0. The molecule has 2 aromatic rings. The first-order valence-corrected chi connectivity index (χ1v) is 6.91. The number of para-hydroxylation sites is 1. The van der Waals surface area contributed by atoms with Gasteiger partial charge in [0.2, 0.25) is 0 Å². The second-order valence-corrected chi connectivity index (χ2v) is 5.13. The largest absolute Gasteiger partial charge is 0.496 e. The molecule has 0 bridgehead atoms.